The van der Waals surface area contributed by atoms with Crippen LogP contribution in [0.15, 0.2) is 30.6 Å². The van der Waals surface area contributed by atoms with Crippen molar-refractivity contribution in [3.8, 4) is 11.8 Å². The van der Waals surface area contributed by atoms with Gasteiger partial charge in [0.15, 0.2) is 0 Å². The van der Waals surface area contributed by atoms with Crippen LogP contribution in [0.25, 0.3) is 0 Å². The zero-order valence-electron chi connectivity index (χ0n) is 8.40. The molecule has 0 bridgehead atoms. The van der Waals surface area contributed by atoms with Gasteiger partial charge in [0.25, 0.3) is 6.43 Å². The molecule has 0 saturated heterocycles. The van der Waals surface area contributed by atoms with Crippen LogP contribution in [0.3, 0.4) is 0 Å². The lowest BCUT2D eigenvalue weighted by Crippen LogP contribution is -1.94. The number of nitrogens with zero attached hydrogens (tertiary/aromatic N) is 2. The van der Waals surface area contributed by atoms with E-state index in [1.54, 1.807) is 6.07 Å². The molecule has 2 rings (SSSR count). The minimum Gasteiger partial charge on any atom is -0.424 e. The lowest BCUT2D eigenvalue weighted by molar-refractivity contribution is 0.146. The third-order valence-corrected chi connectivity index (χ3v) is 1.88. The standard InChI is InChI=1S/C11H6F3N2O/c12-9-6-7(2-3-8(9)10(13)14)17-11-15-4-1-5-16-11/h1,3-6,10H. The molecule has 0 fully saturated rings. The molecule has 1 aromatic carbocycles. The number of aromatic nitrogens is 2. The zero-order valence-corrected chi connectivity index (χ0v) is 8.40. The summed E-state index contributed by atoms with van der Waals surface area (Å²) in [5, 5.41) is 0. The van der Waals surface area contributed by atoms with Gasteiger partial charge in [-0.1, -0.05) is 0 Å². The predicted molar refractivity (Wildman–Crippen MR) is 52.3 cm³/mol. The molecule has 17 heavy (non-hydrogen) atoms. The minimum absolute atomic E-state index is 0.00653. The molecule has 3 nitrogen and oxygen atoms in total. The number of benzene rings is 1. The molecule has 0 amide bonds. The maximum Gasteiger partial charge on any atom is 0.321 e. The molecule has 0 spiro atoms. The molecule has 0 saturated carbocycles. The van der Waals surface area contributed by atoms with E-state index in [0.29, 0.717) is 0 Å². The van der Waals surface area contributed by atoms with Crippen molar-refractivity contribution in [2.24, 2.45) is 0 Å². The second-order valence-electron chi connectivity index (χ2n) is 3.03. The number of hydrogen-bond acceptors (Lipinski definition) is 3. The molecule has 0 N–H and O–H groups in total. The fourth-order valence-electron chi connectivity index (χ4n) is 1.12. The minimum atomic E-state index is -2.88. The van der Waals surface area contributed by atoms with Gasteiger partial charge in [-0.2, -0.15) is 0 Å². The third-order valence-electron chi connectivity index (χ3n) is 1.88. The highest BCUT2D eigenvalue weighted by molar-refractivity contribution is 5.29. The van der Waals surface area contributed by atoms with E-state index in [9.17, 15) is 13.2 Å². The Hall–Kier alpha value is -2.11. The fourth-order valence-corrected chi connectivity index (χ4v) is 1.12. The summed E-state index contributed by atoms with van der Waals surface area (Å²) >= 11 is 0. The van der Waals surface area contributed by atoms with Gasteiger partial charge in [-0.05, 0) is 12.1 Å². The molecule has 0 aliphatic heterocycles. The van der Waals surface area contributed by atoms with Gasteiger partial charge in [0.05, 0.1) is 5.56 Å². The topological polar surface area (TPSA) is 35.0 Å². The van der Waals surface area contributed by atoms with E-state index < -0.39 is 17.8 Å². The normalized spacial score (nSPS) is 10.6. The smallest absolute Gasteiger partial charge is 0.321 e. The van der Waals surface area contributed by atoms with E-state index in [1.807, 2.05) is 0 Å². The van der Waals surface area contributed by atoms with Crippen molar-refractivity contribution in [2.45, 2.75) is 6.43 Å². The summed E-state index contributed by atoms with van der Waals surface area (Å²) in [5.41, 5.74) is -0.716. The number of halogens is 3. The quantitative estimate of drug-likeness (QED) is 0.825. The number of rotatable bonds is 3. The van der Waals surface area contributed by atoms with Crippen LogP contribution in [0.2, 0.25) is 0 Å². The summed E-state index contributed by atoms with van der Waals surface area (Å²) in [4.78, 5) is 7.47. The van der Waals surface area contributed by atoms with Crippen LogP contribution < -0.4 is 4.74 Å². The molecular weight excluding hydrogens is 233 g/mol. The summed E-state index contributed by atoms with van der Waals surface area (Å²) in [5.74, 6) is -1.11. The average molecular weight is 239 g/mol. The number of ether oxygens (including phenoxy) is 1. The highest BCUT2D eigenvalue weighted by atomic mass is 19.3. The zero-order chi connectivity index (χ0) is 12.3. The van der Waals surface area contributed by atoms with Gasteiger partial charge >= 0.3 is 6.01 Å². The maximum atomic E-state index is 13.2. The molecule has 1 radical (unpaired) electrons. The van der Waals surface area contributed by atoms with Crippen LogP contribution in [0.4, 0.5) is 13.2 Å². The first-order valence-corrected chi connectivity index (χ1v) is 4.61. The van der Waals surface area contributed by atoms with Crippen LogP contribution in [-0.2, 0) is 0 Å². The van der Waals surface area contributed by atoms with Crippen LogP contribution in [0, 0.1) is 11.9 Å². The Bertz CT molecular complexity index is 505. The van der Waals surface area contributed by atoms with E-state index in [1.165, 1.54) is 12.4 Å². The first kappa shape index (κ1) is 11.4. The Balaban J connectivity index is 2.21. The van der Waals surface area contributed by atoms with E-state index in [0.717, 1.165) is 12.1 Å². The van der Waals surface area contributed by atoms with Crippen LogP contribution in [0.1, 0.15) is 12.0 Å². The number of alkyl halides is 2. The summed E-state index contributed by atoms with van der Waals surface area (Å²) in [6.07, 6.45) is -0.00778. The molecule has 87 valence electrons. The van der Waals surface area contributed by atoms with Crippen molar-refractivity contribution < 1.29 is 17.9 Å². The number of hydrogen-bond donors (Lipinski definition) is 0. The Labute approximate surface area is 94.9 Å². The largest absolute Gasteiger partial charge is 0.424 e. The van der Waals surface area contributed by atoms with Crippen molar-refractivity contribution in [1.29, 1.82) is 0 Å². The van der Waals surface area contributed by atoms with E-state index in [-0.39, 0.29) is 11.8 Å². The second-order valence-corrected chi connectivity index (χ2v) is 3.03. The lowest BCUT2D eigenvalue weighted by atomic mass is 10.2. The van der Waals surface area contributed by atoms with E-state index in [4.69, 9.17) is 4.74 Å². The van der Waals surface area contributed by atoms with Gasteiger partial charge in [-0.25, -0.2) is 23.1 Å². The highest BCUT2D eigenvalue weighted by Gasteiger charge is 2.14. The molecule has 0 aliphatic rings. The SMILES string of the molecule is Fc1cc(Oc2ncccn2)[c]cc1C(F)F. The predicted octanol–water partition coefficient (Wildman–Crippen LogP) is 3.15. The molecular formula is C11H6F3N2O. The third kappa shape index (κ3) is 2.72. The Kier molecular flexibility index (Phi) is 3.22. The average Bonchev–Trinajstić information content (AvgIpc) is 2.30. The van der Waals surface area contributed by atoms with Gasteiger partial charge in [-0.15, -0.1) is 0 Å². The van der Waals surface area contributed by atoms with E-state index >= 15 is 0 Å². The first-order chi connectivity index (χ1) is 8.16. The Morgan fingerprint density at radius 2 is 1.94 bits per heavy atom. The molecule has 1 aromatic heterocycles. The summed E-state index contributed by atoms with van der Waals surface area (Å²) in [7, 11) is 0. The summed E-state index contributed by atoms with van der Waals surface area (Å²) in [6.45, 7) is 0. The molecule has 0 aliphatic carbocycles. The monoisotopic (exact) mass is 239 g/mol. The van der Waals surface area contributed by atoms with Crippen molar-refractivity contribution >= 4 is 0 Å². The van der Waals surface area contributed by atoms with Gasteiger partial charge in [0.2, 0.25) is 0 Å². The van der Waals surface area contributed by atoms with Crippen LogP contribution in [-0.4, -0.2) is 9.97 Å². The van der Waals surface area contributed by atoms with Crippen LogP contribution >= 0.6 is 0 Å². The molecule has 2 aromatic rings. The molecule has 1 heterocycles. The summed E-state index contributed by atoms with van der Waals surface area (Å²) in [6, 6.07) is 5.62. The van der Waals surface area contributed by atoms with Gasteiger partial charge in [0, 0.05) is 24.5 Å². The Morgan fingerprint density at radius 1 is 1.24 bits per heavy atom. The van der Waals surface area contributed by atoms with Gasteiger partial charge < -0.3 is 4.74 Å². The van der Waals surface area contributed by atoms with Crippen molar-refractivity contribution in [1.82, 2.24) is 9.97 Å². The molecule has 0 atom stereocenters. The van der Waals surface area contributed by atoms with Crippen LogP contribution in [0.5, 0.6) is 11.8 Å². The highest BCUT2D eigenvalue weighted by Crippen LogP contribution is 2.26. The van der Waals surface area contributed by atoms with E-state index in [2.05, 4.69) is 16.0 Å². The Morgan fingerprint density at radius 3 is 2.53 bits per heavy atom. The fraction of sp³-hybridized carbons (Fsp3) is 0.0909. The lowest BCUT2D eigenvalue weighted by Gasteiger charge is -2.05. The first-order valence-electron chi connectivity index (χ1n) is 4.61. The second kappa shape index (κ2) is 4.82. The van der Waals surface area contributed by atoms with Gasteiger partial charge in [-0.3, -0.25) is 0 Å². The molecule has 6 heteroatoms. The van der Waals surface area contributed by atoms with Crippen molar-refractivity contribution in [3.63, 3.8) is 0 Å². The molecule has 0 unspecified atom stereocenters. The maximum absolute atomic E-state index is 13.2. The summed E-state index contributed by atoms with van der Waals surface area (Å²) < 4.78 is 42.7. The van der Waals surface area contributed by atoms with Crippen molar-refractivity contribution in [3.05, 3.63) is 48.0 Å². The van der Waals surface area contributed by atoms with Gasteiger partial charge in [0.1, 0.15) is 11.6 Å². The van der Waals surface area contributed by atoms with Crippen molar-refractivity contribution in [2.75, 3.05) is 0 Å².